The van der Waals surface area contributed by atoms with Crippen LogP contribution in [0.3, 0.4) is 0 Å². The van der Waals surface area contributed by atoms with E-state index in [1.54, 1.807) is 25.1 Å². The molecule has 0 bridgehead atoms. The van der Waals surface area contributed by atoms with Gasteiger partial charge in [-0.3, -0.25) is 4.79 Å². The van der Waals surface area contributed by atoms with Crippen molar-refractivity contribution in [1.29, 1.82) is 0 Å². The van der Waals surface area contributed by atoms with Gasteiger partial charge in [-0.05, 0) is 24.3 Å². The number of rotatable bonds is 2. The van der Waals surface area contributed by atoms with E-state index in [-0.39, 0.29) is 23.4 Å². The summed E-state index contributed by atoms with van der Waals surface area (Å²) in [5, 5.41) is 15.3. The Morgan fingerprint density at radius 2 is 1.87 bits per heavy atom. The molecule has 0 fully saturated rings. The van der Waals surface area contributed by atoms with Gasteiger partial charge in [-0.2, -0.15) is 5.01 Å². The van der Waals surface area contributed by atoms with Gasteiger partial charge in [0, 0.05) is 19.4 Å². The Kier molecular flexibility index (Phi) is 3.52. The summed E-state index contributed by atoms with van der Waals surface area (Å²) in [5.74, 6) is -0.586. The number of hydrogen-bond donors (Lipinski definition) is 1. The quantitative estimate of drug-likeness (QED) is 0.927. The van der Waals surface area contributed by atoms with E-state index >= 15 is 0 Å². The SMILES string of the molecule is CC(=O)N1N=C(c2ccccc2O)OC1(C)c1ccc(F)cc1. The van der Waals surface area contributed by atoms with Gasteiger partial charge in [-0.25, -0.2) is 4.39 Å². The lowest BCUT2D eigenvalue weighted by Crippen LogP contribution is -2.41. The molecular weight excluding hydrogens is 299 g/mol. The van der Waals surface area contributed by atoms with Gasteiger partial charge in [0.05, 0.1) is 5.56 Å². The van der Waals surface area contributed by atoms with Crippen LogP contribution in [0.25, 0.3) is 0 Å². The highest BCUT2D eigenvalue weighted by Gasteiger charge is 2.45. The minimum atomic E-state index is -1.21. The number of ether oxygens (including phenoxy) is 1. The molecule has 23 heavy (non-hydrogen) atoms. The van der Waals surface area contributed by atoms with Crippen LogP contribution in [0.4, 0.5) is 4.39 Å². The molecule has 2 aromatic rings. The molecule has 1 amide bonds. The molecule has 118 valence electrons. The number of aromatic hydroxyl groups is 1. The second-order valence-electron chi connectivity index (χ2n) is 5.34. The zero-order valence-electron chi connectivity index (χ0n) is 12.7. The molecule has 6 heteroatoms. The number of para-hydroxylation sites is 1. The minimum Gasteiger partial charge on any atom is -0.507 e. The Bertz CT molecular complexity index is 789. The summed E-state index contributed by atoms with van der Waals surface area (Å²) in [4.78, 5) is 12.0. The summed E-state index contributed by atoms with van der Waals surface area (Å²) in [6, 6.07) is 12.2. The molecule has 1 N–H and O–H groups in total. The first-order chi connectivity index (χ1) is 10.9. The van der Waals surface area contributed by atoms with Crippen LogP contribution in [-0.4, -0.2) is 21.9 Å². The summed E-state index contributed by atoms with van der Waals surface area (Å²) < 4.78 is 19.1. The average Bonchev–Trinajstić information content (AvgIpc) is 2.87. The number of phenolic OH excluding ortho intramolecular Hbond substituents is 1. The highest BCUT2D eigenvalue weighted by molar-refractivity contribution is 5.99. The van der Waals surface area contributed by atoms with Crippen LogP contribution in [0.2, 0.25) is 0 Å². The number of hydrazone groups is 1. The maximum atomic E-state index is 13.2. The van der Waals surface area contributed by atoms with Gasteiger partial charge in [0.2, 0.25) is 17.5 Å². The maximum Gasteiger partial charge on any atom is 0.245 e. The highest BCUT2D eigenvalue weighted by Crippen LogP contribution is 2.37. The van der Waals surface area contributed by atoms with Gasteiger partial charge in [0.1, 0.15) is 11.6 Å². The largest absolute Gasteiger partial charge is 0.507 e. The third-order valence-corrected chi connectivity index (χ3v) is 3.70. The van der Waals surface area contributed by atoms with E-state index in [1.807, 2.05) is 0 Å². The molecule has 0 spiro atoms. The summed E-state index contributed by atoms with van der Waals surface area (Å²) in [7, 11) is 0. The molecule has 1 aliphatic heterocycles. The molecule has 1 heterocycles. The zero-order chi connectivity index (χ0) is 16.6. The van der Waals surface area contributed by atoms with Crippen molar-refractivity contribution >= 4 is 11.8 Å². The van der Waals surface area contributed by atoms with Crippen molar-refractivity contribution in [3.8, 4) is 5.75 Å². The number of halogens is 1. The average molecular weight is 314 g/mol. The van der Waals surface area contributed by atoms with E-state index in [0.717, 1.165) is 0 Å². The fourth-order valence-corrected chi connectivity index (χ4v) is 2.51. The van der Waals surface area contributed by atoms with Crippen LogP contribution >= 0.6 is 0 Å². The van der Waals surface area contributed by atoms with E-state index in [9.17, 15) is 14.3 Å². The van der Waals surface area contributed by atoms with Crippen LogP contribution in [0.5, 0.6) is 5.75 Å². The Morgan fingerprint density at radius 3 is 2.48 bits per heavy atom. The van der Waals surface area contributed by atoms with Gasteiger partial charge < -0.3 is 9.84 Å². The summed E-state index contributed by atoms with van der Waals surface area (Å²) in [6.45, 7) is 3.03. The van der Waals surface area contributed by atoms with Gasteiger partial charge in [-0.15, -0.1) is 5.10 Å². The number of amides is 1. The molecule has 1 aliphatic rings. The van der Waals surface area contributed by atoms with Crippen molar-refractivity contribution in [2.24, 2.45) is 5.10 Å². The second kappa shape index (κ2) is 5.39. The lowest BCUT2D eigenvalue weighted by molar-refractivity contribution is -0.146. The van der Waals surface area contributed by atoms with Gasteiger partial charge in [-0.1, -0.05) is 24.3 Å². The van der Waals surface area contributed by atoms with Crippen LogP contribution in [-0.2, 0) is 15.3 Å². The van der Waals surface area contributed by atoms with Crippen molar-refractivity contribution in [2.75, 3.05) is 0 Å². The van der Waals surface area contributed by atoms with Gasteiger partial charge in [0.25, 0.3) is 0 Å². The van der Waals surface area contributed by atoms with Crippen molar-refractivity contribution < 1.29 is 19.0 Å². The molecule has 0 aromatic heterocycles. The maximum absolute atomic E-state index is 13.2. The normalized spacial score (nSPS) is 20.1. The third kappa shape index (κ3) is 2.52. The monoisotopic (exact) mass is 314 g/mol. The van der Waals surface area contributed by atoms with E-state index in [4.69, 9.17) is 4.74 Å². The van der Waals surface area contributed by atoms with Gasteiger partial charge in [0.15, 0.2) is 0 Å². The fraction of sp³-hybridized carbons (Fsp3) is 0.176. The van der Waals surface area contributed by atoms with E-state index in [1.165, 1.54) is 42.3 Å². The second-order valence-corrected chi connectivity index (χ2v) is 5.34. The van der Waals surface area contributed by atoms with Crippen LogP contribution in [0.15, 0.2) is 53.6 Å². The fourth-order valence-electron chi connectivity index (χ4n) is 2.51. The number of nitrogens with zero attached hydrogens (tertiary/aromatic N) is 2. The number of benzene rings is 2. The first-order valence-electron chi connectivity index (χ1n) is 7.04. The number of hydrogen-bond acceptors (Lipinski definition) is 4. The summed E-state index contributed by atoms with van der Waals surface area (Å²) >= 11 is 0. The van der Waals surface area contributed by atoms with Gasteiger partial charge >= 0.3 is 0 Å². The smallest absolute Gasteiger partial charge is 0.245 e. The molecule has 1 atom stereocenters. The molecule has 0 radical (unpaired) electrons. The van der Waals surface area contributed by atoms with Crippen molar-refractivity contribution in [3.63, 3.8) is 0 Å². The number of phenols is 1. The predicted molar refractivity (Wildman–Crippen MR) is 82.0 cm³/mol. The molecule has 5 nitrogen and oxygen atoms in total. The van der Waals surface area contributed by atoms with Crippen LogP contribution in [0, 0.1) is 5.82 Å². The molecule has 2 aromatic carbocycles. The molecule has 1 unspecified atom stereocenters. The van der Waals surface area contributed by atoms with Crippen molar-refractivity contribution in [3.05, 3.63) is 65.5 Å². The topological polar surface area (TPSA) is 62.1 Å². The highest BCUT2D eigenvalue weighted by atomic mass is 19.1. The predicted octanol–water partition coefficient (Wildman–Crippen LogP) is 2.94. The summed E-state index contributed by atoms with van der Waals surface area (Å²) in [5.41, 5.74) is -0.259. The zero-order valence-corrected chi connectivity index (χ0v) is 12.7. The Morgan fingerprint density at radius 1 is 1.22 bits per heavy atom. The molecule has 0 aliphatic carbocycles. The first-order valence-corrected chi connectivity index (χ1v) is 7.04. The Labute approximate surface area is 132 Å². The lowest BCUT2D eigenvalue weighted by Gasteiger charge is -2.31. The summed E-state index contributed by atoms with van der Waals surface area (Å²) in [6.07, 6.45) is 0. The Hall–Kier alpha value is -2.89. The van der Waals surface area contributed by atoms with E-state index in [2.05, 4.69) is 5.10 Å². The van der Waals surface area contributed by atoms with Crippen LogP contribution in [0.1, 0.15) is 25.0 Å². The molecular formula is C17H15FN2O3. The van der Waals surface area contributed by atoms with Crippen molar-refractivity contribution in [1.82, 2.24) is 5.01 Å². The molecule has 0 saturated heterocycles. The standard InChI is InChI=1S/C17H15FN2O3/c1-11(21)20-17(2,12-7-9-13(18)10-8-12)23-16(19-20)14-5-3-4-6-15(14)22/h3-10,22H,1-2H3. The number of carbonyl (C=O) groups excluding carboxylic acids is 1. The van der Waals surface area contributed by atoms with E-state index in [0.29, 0.717) is 11.1 Å². The van der Waals surface area contributed by atoms with Crippen LogP contribution < -0.4 is 0 Å². The first kappa shape index (κ1) is 15.0. The third-order valence-electron chi connectivity index (χ3n) is 3.70. The molecule has 3 rings (SSSR count). The Balaban J connectivity index is 2.05. The number of carbonyl (C=O) groups is 1. The minimum absolute atomic E-state index is 0.00175. The lowest BCUT2D eigenvalue weighted by atomic mass is 10.0. The van der Waals surface area contributed by atoms with Crippen molar-refractivity contribution in [2.45, 2.75) is 19.6 Å². The van der Waals surface area contributed by atoms with E-state index < -0.39 is 5.72 Å². The molecule has 0 saturated carbocycles.